The number of rotatable bonds is 4. The summed E-state index contributed by atoms with van der Waals surface area (Å²) in [5.41, 5.74) is 0.260. The third kappa shape index (κ3) is 2.35. The van der Waals surface area contributed by atoms with Crippen molar-refractivity contribution in [3.05, 3.63) is 23.2 Å². The lowest BCUT2D eigenvalue weighted by Gasteiger charge is -2.24. The molecule has 15 heavy (non-hydrogen) atoms. The first-order valence-electron chi connectivity index (χ1n) is 4.69. The molecule has 5 heteroatoms. The van der Waals surface area contributed by atoms with Crippen molar-refractivity contribution in [1.82, 2.24) is 0 Å². The van der Waals surface area contributed by atoms with Gasteiger partial charge in [0.05, 0.1) is 24.2 Å². The van der Waals surface area contributed by atoms with Crippen LogP contribution in [0.4, 0.5) is 0 Å². The van der Waals surface area contributed by atoms with Crippen molar-refractivity contribution < 1.29 is 19.1 Å². The van der Waals surface area contributed by atoms with E-state index in [4.69, 9.17) is 14.3 Å². The lowest BCUT2D eigenvalue weighted by atomic mass is 10.2. The molecule has 1 aliphatic heterocycles. The molecule has 1 aromatic heterocycles. The second kappa shape index (κ2) is 4.28. The van der Waals surface area contributed by atoms with E-state index in [2.05, 4.69) is 0 Å². The molecular weight excluding hydrogens is 216 g/mol. The molecule has 1 N–H and O–H groups in total. The molecule has 2 rings (SSSR count). The van der Waals surface area contributed by atoms with Gasteiger partial charge in [0.2, 0.25) is 0 Å². The minimum atomic E-state index is -0.931. The van der Waals surface area contributed by atoms with Gasteiger partial charge in [-0.3, -0.25) is 0 Å². The van der Waals surface area contributed by atoms with Crippen molar-refractivity contribution in [2.45, 2.75) is 17.9 Å². The maximum absolute atomic E-state index is 10.8. The fourth-order valence-electron chi connectivity index (χ4n) is 1.34. The van der Waals surface area contributed by atoms with Gasteiger partial charge in [0.1, 0.15) is 17.1 Å². The maximum atomic E-state index is 10.8. The second-order valence-corrected chi connectivity index (χ2v) is 4.75. The van der Waals surface area contributed by atoms with E-state index in [1.807, 2.05) is 0 Å². The Hall–Kier alpha value is -0.940. The molecular formula is C10H12O4S. The summed E-state index contributed by atoms with van der Waals surface area (Å²) in [6.45, 7) is 3.25. The molecule has 0 unspecified atom stereocenters. The molecule has 4 nitrogen and oxygen atoms in total. The molecule has 0 radical (unpaired) electrons. The molecule has 0 aromatic carbocycles. The second-order valence-electron chi connectivity index (χ2n) is 3.46. The number of carbonyl (C=O) groups is 1. The fraction of sp³-hybridized carbons (Fsp3) is 0.500. The van der Waals surface area contributed by atoms with Crippen molar-refractivity contribution in [2.75, 3.05) is 13.2 Å². The number of aryl methyl sites for hydroxylation is 1. The predicted octanol–water partition coefficient (Wildman–Crippen LogP) is 1.92. The van der Waals surface area contributed by atoms with E-state index >= 15 is 0 Å². The number of thioether (sulfide) groups is 1. The molecule has 1 aliphatic rings. The number of carboxylic acid groups (broad SMARTS) is 1. The Labute approximate surface area is 91.6 Å². The quantitative estimate of drug-likeness (QED) is 0.853. The zero-order valence-electron chi connectivity index (χ0n) is 8.36. The zero-order chi connectivity index (χ0) is 10.8. The van der Waals surface area contributed by atoms with Crippen LogP contribution in [-0.4, -0.2) is 29.5 Å². The number of furan rings is 1. The molecule has 82 valence electrons. The Morgan fingerprint density at radius 1 is 1.67 bits per heavy atom. The topological polar surface area (TPSA) is 59.7 Å². The van der Waals surface area contributed by atoms with E-state index in [0.717, 1.165) is 19.0 Å². The third-order valence-electron chi connectivity index (χ3n) is 2.27. The number of carboxylic acids is 1. The van der Waals surface area contributed by atoms with Crippen LogP contribution in [0.3, 0.4) is 0 Å². The summed E-state index contributed by atoms with van der Waals surface area (Å²) in [5.74, 6) is 0.978. The van der Waals surface area contributed by atoms with Crippen LogP contribution in [-0.2, 0) is 10.5 Å². The molecule has 0 atom stereocenters. The summed E-state index contributed by atoms with van der Waals surface area (Å²) in [7, 11) is 0. The van der Waals surface area contributed by atoms with Gasteiger partial charge in [-0.15, -0.1) is 11.8 Å². The first-order chi connectivity index (χ1) is 7.16. The van der Waals surface area contributed by atoms with E-state index in [1.165, 1.54) is 0 Å². The van der Waals surface area contributed by atoms with Gasteiger partial charge < -0.3 is 14.3 Å². The monoisotopic (exact) mass is 228 g/mol. The van der Waals surface area contributed by atoms with Gasteiger partial charge >= 0.3 is 5.97 Å². The SMILES string of the molecule is Cc1oc(CSC2COC2)cc1C(=O)O. The molecule has 0 spiro atoms. The first-order valence-corrected chi connectivity index (χ1v) is 5.73. The number of aromatic carboxylic acids is 1. The minimum Gasteiger partial charge on any atom is -0.478 e. The predicted molar refractivity (Wildman–Crippen MR) is 56.3 cm³/mol. The lowest BCUT2D eigenvalue weighted by molar-refractivity contribution is 0.0454. The Morgan fingerprint density at radius 2 is 2.40 bits per heavy atom. The van der Waals surface area contributed by atoms with Crippen molar-refractivity contribution in [2.24, 2.45) is 0 Å². The van der Waals surface area contributed by atoms with Crippen molar-refractivity contribution in [1.29, 1.82) is 0 Å². The summed E-state index contributed by atoms with van der Waals surface area (Å²) in [6.07, 6.45) is 0. The van der Waals surface area contributed by atoms with Gasteiger partial charge in [-0.2, -0.15) is 0 Å². The number of ether oxygens (including phenoxy) is 1. The van der Waals surface area contributed by atoms with Crippen LogP contribution in [0.25, 0.3) is 0 Å². The van der Waals surface area contributed by atoms with Gasteiger partial charge in [0.15, 0.2) is 0 Å². The molecule has 0 bridgehead atoms. The number of hydrogen-bond donors (Lipinski definition) is 1. The highest BCUT2D eigenvalue weighted by Crippen LogP contribution is 2.25. The summed E-state index contributed by atoms with van der Waals surface area (Å²) >= 11 is 1.74. The molecule has 1 saturated heterocycles. The van der Waals surface area contributed by atoms with Gasteiger partial charge in [-0.25, -0.2) is 4.79 Å². The summed E-state index contributed by atoms with van der Waals surface area (Å²) < 4.78 is 10.4. The highest BCUT2D eigenvalue weighted by atomic mass is 32.2. The van der Waals surface area contributed by atoms with Crippen LogP contribution < -0.4 is 0 Å². The smallest absolute Gasteiger partial charge is 0.339 e. The van der Waals surface area contributed by atoms with Crippen molar-refractivity contribution in [3.8, 4) is 0 Å². The average molecular weight is 228 g/mol. The van der Waals surface area contributed by atoms with Crippen molar-refractivity contribution in [3.63, 3.8) is 0 Å². The molecule has 2 heterocycles. The van der Waals surface area contributed by atoms with E-state index in [1.54, 1.807) is 24.8 Å². The molecule has 0 aliphatic carbocycles. The van der Waals surface area contributed by atoms with Crippen LogP contribution in [0.2, 0.25) is 0 Å². The molecule has 1 fully saturated rings. The Balaban J connectivity index is 1.96. The standard InChI is InChI=1S/C10H12O4S/c1-6-9(10(11)12)2-7(14-6)5-15-8-3-13-4-8/h2,8H,3-5H2,1H3,(H,11,12). The third-order valence-corrected chi connectivity index (χ3v) is 3.46. The van der Waals surface area contributed by atoms with Crippen LogP contribution in [0.15, 0.2) is 10.5 Å². The summed E-state index contributed by atoms with van der Waals surface area (Å²) in [5, 5.41) is 9.36. The molecule has 0 saturated carbocycles. The summed E-state index contributed by atoms with van der Waals surface area (Å²) in [6, 6.07) is 1.60. The van der Waals surface area contributed by atoms with E-state index in [-0.39, 0.29) is 5.56 Å². The maximum Gasteiger partial charge on any atom is 0.339 e. The molecule has 0 amide bonds. The number of hydrogen-bond acceptors (Lipinski definition) is 4. The highest BCUT2D eigenvalue weighted by molar-refractivity contribution is 7.99. The average Bonchev–Trinajstić information content (AvgIpc) is 2.44. The Morgan fingerprint density at radius 3 is 2.87 bits per heavy atom. The Bertz CT molecular complexity index is 367. The lowest BCUT2D eigenvalue weighted by Crippen LogP contribution is -2.30. The van der Waals surface area contributed by atoms with Gasteiger partial charge in [-0.05, 0) is 13.0 Å². The van der Waals surface area contributed by atoms with Crippen LogP contribution >= 0.6 is 11.8 Å². The normalized spacial score (nSPS) is 16.3. The largest absolute Gasteiger partial charge is 0.478 e. The summed E-state index contributed by atoms with van der Waals surface area (Å²) in [4.78, 5) is 10.8. The van der Waals surface area contributed by atoms with Crippen LogP contribution in [0.5, 0.6) is 0 Å². The fourth-order valence-corrected chi connectivity index (χ4v) is 2.26. The molecule has 1 aromatic rings. The van der Waals surface area contributed by atoms with Gasteiger partial charge in [-0.1, -0.05) is 0 Å². The zero-order valence-corrected chi connectivity index (χ0v) is 9.17. The van der Waals surface area contributed by atoms with E-state index in [9.17, 15) is 4.79 Å². The van der Waals surface area contributed by atoms with Gasteiger partial charge in [0.25, 0.3) is 0 Å². The van der Waals surface area contributed by atoms with Crippen LogP contribution in [0.1, 0.15) is 21.9 Å². The Kier molecular flexibility index (Phi) is 3.02. The minimum absolute atomic E-state index is 0.260. The highest BCUT2D eigenvalue weighted by Gasteiger charge is 2.20. The van der Waals surface area contributed by atoms with Gasteiger partial charge in [0, 0.05) is 0 Å². The first kappa shape index (κ1) is 10.6. The van der Waals surface area contributed by atoms with Crippen molar-refractivity contribution >= 4 is 17.7 Å². The van der Waals surface area contributed by atoms with E-state index in [0.29, 0.717) is 16.8 Å². The van der Waals surface area contributed by atoms with E-state index < -0.39 is 5.97 Å². The van der Waals surface area contributed by atoms with Crippen LogP contribution in [0, 0.1) is 6.92 Å².